The third-order valence-corrected chi connectivity index (χ3v) is 7.29. The molecule has 0 aromatic heterocycles. The van der Waals surface area contributed by atoms with Gasteiger partial charge in [-0.05, 0) is 24.3 Å². The van der Waals surface area contributed by atoms with Crippen LogP contribution in [0.1, 0.15) is 5.56 Å². The average molecular weight is 421 g/mol. The normalized spacial score (nSPS) is 24.2. The predicted octanol–water partition coefficient (Wildman–Crippen LogP) is 2.36. The van der Waals surface area contributed by atoms with Crippen LogP contribution in [0.4, 0.5) is 5.69 Å². The molecule has 2 fully saturated rings. The van der Waals surface area contributed by atoms with Gasteiger partial charge in [0.2, 0.25) is 5.91 Å². The van der Waals surface area contributed by atoms with Crippen molar-refractivity contribution in [2.24, 2.45) is 0 Å². The number of amides is 1. The Labute approximate surface area is 169 Å². The number of carbonyl (C=O) groups is 1. The van der Waals surface area contributed by atoms with Crippen LogP contribution in [-0.2, 0) is 21.2 Å². The first-order valence-corrected chi connectivity index (χ1v) is 11.2. The molecule has 2 saturated heterocycles. The summed E-state index contributed by atoms with van der Waals surface area (Å²) in [4.78, 5) is 16.6. The highest BCUT2D eigenvalue weighted by molar-refractivity contribution is 7.91. The fraction of sp³-hybridized carbons (Fsp3) is 0.350. The molecule has 0 saturated carbocycles. The van der Waals surface area contributed by atoms with Crippen LogP contribution < -0.4 is 9.64 Å². The first-order chi connectivity index (χ1) is 13.4. The van der Waals surface area contributed by atoms with E-state index in [0.29, 0.717) is 17.3 Å². The van der Waals surface area contributed by atoms with Crippen LogP contribution in [-0.4, -0.2) is 56.5 Å². The molecule has 6 nitrogen and oxygen atoms in total. The zero-order chi connectivity index (χ0) is 19.9. The van der Waals surface area contributed by atoms with Crippen molar-refractivity contribution in [3.05, 3.63) is 59.1 Å². The van der Waals surface area contributed by atoms with E-state index in [1.54, 1.807) is 36.3 Å². The van der Waals surface area contributed by atoms with E-state index in [2.05, 4.69) is 0 Å². The molecule has 2 aromatic rings. The second-order valence-corrected chi connectivity index (χ2v) is 9.76. The molecule has 28 heavy (non-hydrogen) atoms. The van der Waals surface area contributed by atoms with Gasteiger partial charge in [-0.3, -0.25) is 9.69 Å². The highest BCUT2D eigenvalue weighted by Crippen LogP contribution is 2.34. The molecule has 2 unspecified atom stereocenters. The first kappa shape index (κ1) is 19.2. The van der Waals surface area contributed by atoms with E-state index < -0.39 is 15.9 Å². The van der Waals surface area contributed by atoms with Crippen LogP contribution in [0.5, 0.6) is 5.75 Å². The molecule has 4 rings (SSSR count). The summed E-state index contributed by atoms with van der Waals surface area (Å²) in [6, 6.07) is 13.9. The average Bonchev–Trinajstić information content (AvgIpc) is 2.97. The minimum absolute atomic E-state index is 0.0389. The molecule has 0 radical (unpaired) electrons. The third-order valence-electron chi connectivity index (χ3n) is 5.35. The number of benzene rings is 2. The van der Waals surface area contributed by atoms with Crippen molar-refractivity contribution in [2.45, 2.75) is 18.6 Å². The zero-order valence-corrected chi connectivity index (χ0v) is 17.0. The maximum atomic E-state index is 13.0. The molecule has 0 bridgehead atoms. The SMILES string of the molecule is COc1ccccc1CN1CC(=O)N(c2cccc(Cl)c2)C2CS(=O)(=O)CC21. The van der Waals surface area contributed by atoms with E-state index in [-0.39, 0.29) is 30.0 Å². The van der Waals surface area contributed by atoms with Crippen molar-refractivity contribution in [3.8, 4) is 5.75 Å². The van der Waals surface area contributed by atoms with Crippen molar-refractivity contribution in [1.29, 1.82) is 0 Å². The molecule has 1 amide bonds. The molecule has 0 spiro atoms. The highest BCUT2D eigenvalue weighted by Gasteiger charge is 2.49. The molecule has 0 aliphatic carbocycles. The minimum Gasteiger partial charge on any atom is -0.496 e. The number of fused-ring (bicyclic) bond motifs is 1. The second kappa shape index (κ2) is 7.39. The summed E-state index contributed by atoms with van der Waals surface area (Å²) < 4.78 is 30.3. The van der Waals surface area contributed by atoms with E-state index in [1.165, 1.54) is 0 Å². The molecule has 0 N–H and O–H groups in total. The predicted molar refractivity (Wildman–Crippen MR) is 109 cm³/mol. The van der Waals surface area contributed by atoms with Gasteiger partial charge in [0.05, 0.1) is 31.2 Å². The number of ether oxygens (including phenoxy) is 1. The Kier molecular flexibility index (Phi) is 5.07. The Morgan fingerprint density at radius 2 is 1.86 bits per heavy atom. The number of para-hydroxylation sites is 1. The highest BCUT2D eigenvalue weighted by atomic mass is 35.5. The van der Waals surface area contributed by atoms with Gasteiger partial charge in [-0.15, -0.1) is 0 Å². The monoisotopic (exact) mass is 420 g/mol. The Balaban J connectivity index is 1.68. The second-order valence-electron chi connectivity index (χ2n) is 7.17. The molecular weight excluding hydrogens is 400 g/mol. The summed E-state index contributed by atoms with van der Waals surface area (Å²) >= 11 is 6.10. The van der Waals surface area contributed by atoms with E-state index in [0.717, 1.165) is 11.3 Å². The van der Waals surface area contributed by atoms with Crippen LogP contribution in [0.15, 0.2) is 48.5 Å². The summed E-state index contributed by atoms with van der Waals surface area (Å²) in [5.74, 6) is 0.593. The van der Waals surface area contributed by atoms with Gasteiger partial charge < -0.3 is 9.64 Å². The number of hydrogen-bond donors (Lipinski definition) is 0. The summed E-state index contributed by atoms with van der Waals surface area (Å²) in [6.45, 7) is 0.594. The van der Waals surface area contributed by atoms with Crippen molar-refractivity contribution >= 4 is 33.0 Å². The van der Waals surface area contributed by atoms with Crippen LogP contribution in [0.2, 0.25) is 5.02 Å². The quantitative estimate of drug-likeness (QED) is 0.759. The third kappa shape index (κ3) is 3.62. The number of methoxy groups -OCH3 is 1. The number of carbonyl (C=O) groups excluding carboxylic acids is 1. The standard InChI is InChI=1S/C20H21ClN2O4S/c1-27-19-8-3-2-5-14(19)10-22-11-20(24)23(16-7-4-6-15(21)9-16)18-13-28(25,26)12-17(18)22/h2-9,17-18H,10-13H2,1H3. The van der Waals surface area contributed by atoms with Crippen molar-refractivity contribution in [2.75, 3.05) is 30.1 Å². The Morgan fingerprint density at radius 1 is 1.11 bits per heavy atom. The van der Waals surface area contributed by atoms with Gasteiger partial charge in [0.15, 0.2) is 9.84 Å². The van der Waals surface area contributed by atoms with Crippen LogP contribution in [0.25, 0.3) is 0 Å². The number of halogens is 1. The summed E-state index contributed by atoms with van der Waals surface area (Å²) in [6.07, 6.45) is 0. The van der Waals surface area contributed by atoms with E-state index in [1.807, 2.05) is 29.2 Å². The number of anilines is 1. The van der Waals surface area contributed by atoms with Crippen LogP contribution in [0, 0.1) is 0 Å². The fourth-order valence-electron chi connectivity index (χ4n) is 4.15. The summed E-state index contributed by atoms with van der Waals surface area (Å²) in [7, 11) is -1.64. The molecule has 2 atom stereocenters. The molecule has 148 valence electrons. The lowest BCUT2D eigenvalue weighted by Gasteiger charge is -2.43. The summed E-state index contributed by atoms with van der Waals surface area (Å²) in [5.41, 5.74) is 1.57. The molecular formula is C20H21ClN2O4S. The van der Waals surface area contributed by atoms with Crippen LogP contribution in [0.3, 0.4) is 0 Å². The maximum absolute atomic E-state index is 13.0. The number of sulfone groups is 1. The van der Waals surface area contributed by atoms with Crippen molar-refractivity contribution < 1.29 is 17.9 Å². The Bertz CT molecular complexity index is 1010. The van der Waals surface area contributed by atoms with E-state index in [9.17, 15) is 13.2 Å². The van der Waals surface area contributed by atoms with Crippen LogP contribution >= 0.6 is 11.6 Å². The Morgan fingerprint density at radius 3 is 2.61 bits per heavy atom. The summed E-state index contributed by atoms with van der Waals surface area (Å²) in [5, 5.41) is 0.513. The number of piperazine rings is 1. The lowest BCUT2D eigenvalue weighted by Crippen LogP contribution is -2.61. The lowest BCUT2D eigenvalue weighted by atomic mass is 10.0. The molecule has 8 heteroatoms. The minimum atomic E-state index is -3.24. The number of hydrogen-bond acceptors (Lipinski definition) is 5. The first-order valence-electron chi connectivity index (χ1n) is 9.02. The number of nitrogens with zero attached hydrogens (tertiary/aromatic N) is 2. The van der Waals surface area contributed by atoms with Gasteiger partial charge in [-0.25, -0.2) is 8.42 Å². The topological polar surface area (TPSA) is 66.9 Å². The van der Waals surface area contributed by atoms with Crippen molar-refractivity contribution in [3.63, 3.8) is 0 Å². The molecule has 2 aliphatic heterocycles. The van der Waals surface area contributed by atoms with Gasteiger partial charge in [0.1, 0.15) is 5.75 Å². The van der Waals surface area contributed by atoms with Gasteiger partial charge in [-0.2, -0.15) is 0 Å². The molecule has 2 aliphatic rings. The van der Waals surface area contributed by atoms with Gasteiger partial charge in [0.25, 0.3) is 0 Å². The van der Waals surface area contributed by atoms with Gasteiger partial charge in [0, 0.05) is 28.9 Å². The Hall–Kier alpha value is -2.09. The van der Waals surface area contributed by atoms with E-state index in [4.69, 9.17) is 16.3 Å². The lowest BCUT2D eigenvalue weighted by molar-refractivity contribution is -0.123. The largest absolute Gasteiger partial charge is 0.496 e. The number of rotatable bonds is 4. The van der Waals surface area contributed by atoms with Gasteiger partial charge >= 0.3 is 0 Å². The van der Waals surface area contributed by atoms with E-state index >= 15 is 0 Å². The zero-order valence-electron chi connectivity index (χ0n) is 15.4. The smallest absolute Gasteiger partial charge is 0.241 e. The van der Waals surface area contributed by atoms with Crippen molar-refractivity contribution in [1.82, 2.24) is 4.90 Å². The molecule has 2 aromatic carbocycles. The fourth-order valence-corrected chi connectivity index (χ4v) is 6.31. The molecule has 2 heterocycles. The maximum Gasteiger partial charge on any atom is 0.241 e. The van der Waals surface area contributed by atoms with Gasteiger partial charge in [-0.1, -0.05) is 35.9 Å².